The first-order chi connectivity index (χ1) is 9.42. The third-order valence-electron chi connectivity index (χ3n) is 2.82. The molecule has 1 aromatic carbocycles. The summed E-state index contributed by atoms with van der Waals surface area (Å²) >= 11 is 0. The lowest BCUT2D eigenvalue weighted by Crippen LogP contribution is -2.49. The van der Waals surface area contributed by atoms with Gasteiger partial charge in [-0.3, -0.25) is 4.79 Å². The Hall–Kier alpha value is -1.92. The minimum Gasteiger partial charge on any atom is -0.480 e. The van der Waals surface area contributed by atoms with Gasteiger partial charge >= 0.3 is 12.1 Å². The third-order valence-corrected chi connectivity index (χ3v) is 2.82. The summed E-state index contributed by atoms with van der Waals surface area (Å²) in [5.74, 6) is -0.915. The van der Waals surface area contributed by atoms with E-state index in [-0.39, 0.29) is 23.7 Å². The Morgan fingerprint density at radius 1 is 1.25 bits per heavy atom. The molecule has 0 unspecified atom stereocenters. The predicted molar refractivity (Wildman–Crippen MR) is 74.1 cm³/mol. The number of carboxylic acid groups (broad SMARTS) is 1. The molecule has 0 aromatic heterocycles. The van der Waals surface area contributed by atoms with Crippen molar-refractivity contribution in [1.82, 2.24) is 5.32 Å². The fraction of sp³-hybridized carbons (Fsp3) is 0.429. The summed E-state index contributed by atoms with van der Waals surface area (Å²) in [6.07, 6.45) is -0.342. The zero-order chi connectivity index (χ0) is 15.0. The highest BCUT2D eigenvalue weighted by molar-refractivity contribution is 5.69. The average Bonchev–Trinajstić information content (AvgIpc) is 2.42. The molecule has 0 aliphatic rings. The summed E-state index contributed by atoms with van der Waals surface area (Å²) in [6, 6.07) is 9.46. The van der Waals surface area contributed by atoms with Crippen molar-refractivity contribution in [3.63, 3.8) is 0 Å². The summed E-state index contributed by atoms with van der Waals surface area (Å²) in [6.45, 7) is 1.02. The number of nitrogens with zero attached hydrogens (tertiary/aromatic N) is 1. The van der Waals surface area contributed by atoms with Crippen molar-refractivity contribution in [2.75, 3.05) is 33.7 Å². The van der Waals surface area contributed by atoms with Crippen molar-refractivity contribution < 1.29 is 23.9 Å². The molecule has 0 aliphatic heterocycles. The molecule has 20 heavy (non-hydrogen) atoms. The zero-order valence-electron chi connectivity index (χ0n) is 11.8. The van der Waals surface area contributed by atoms with E-state index in [9.17, 15) is 9.59 Å². The number of rotatable bonds is 7. The van der Waals surface area contributed by atoms with Crippen molar-refractivity contribution in [3.05, 3.63) is 35.9 Å². The minimum atomic E-state index is -0.915. The van der Waals surface area contributed by atoms with Crippen LogP contribution in [-0.4, -0.2) is 55.4 Å². The monoisotopic (exact) mass is 281 g/mol. The maximum absolute atomic E-state index is 12.0. The summed E-state index contributed by atoms with van der Waals surface area (Å²) < 4.78 is 5.30. The van der Waals surface area contributed by atoms with Crippen LogP contribution in [0.2, 0.25) is 0 Å². The Labute approximate surface area is 118 Å². The van der Waals surface area contributed by atoms with Gasteiger partial charge in [0, 0.05) is 6.54 Å². The van der Waals surface area contributed by atoms with Gasteiger partial charge in [0.05, 0.1) is 20.6 Å². The average molecular weight is 281 g/mol. The lowest BCUT2D eigenvalue weighted by molar-refractivity contribution is -0.816. The molecule has 0 saturated heterocycles. The number of quaternary nitrogens is 1. The Morgan fingerprint density at radius 2 is 1.90 bits per heavy atom. The highest BCUT2D eigenvalue weighted by Gasteiger charge is 2.28. The molecule has 0 spiro atoms. The summed E-state index contributed by atoms with van der Waals surface area (Å²) in [7, 11) is 3.46. The van der Waals surface area contributed by atoms with Crippen LogP contribution in [0.4, 0.5) is 4.79 Å². The van der Waals surface area contributed by atoms with Crippen molar-refractivity contribution in [2.24, 2.45) is 0 Å². The summed E-state index contributed by atoms with van der Waals surface area (Å²) in [4.78, 5) is 22.3. The molecule has 0 atom stereocenters. The SMILES string of the molecule is C[N+](C)(CCNCC(=O)O)C(=O)OCc1ccccc1. The van der Waals surface area contributed by atoms with Crippen LogP contribution in [0.25, 0.3) is 0 Å². The second-order valence-electron chi connectivity index (χ2n) is 5.02. The van der Waals surface area contributed by atoms with E-state index in [1.165, 1.54) is 0 Å². The van der Waals surface area contributed by atoms with Gasteiger partial charge in [0.2, 0.25) is 0 Å². The topological polar surface area (TPSA) is 75.6 Å². The number of hydrogen-bond donors (Lipinski definition) is 2. The number of likely N-dealkylation sites (N-methyl/N-ethyl adjacent to an activating group) is 1. The van der Waals surface area contributed by atoms with E-state index in [1.54, 1.807) is 14.1 Å². The van der Waals surface area contributed by atoms with Crippen LogP contribution < -0.4 is 5.32 Å². The van der Waals surface area contributed by atoms with Crippen LogP contribution in [0.5, 0.6) is 0 Å². The van der Waals surface area contributed by atoms with E-state index in [0.717, 1.165) is 5.56 Å². The van der Waals surface area contributed by atoms with Crippen LogP contribution in [0.15, 0.2) is 30.3 Å². The molecule has 0 heterocycles. The minimum absolute atomic E-state index is 0.0411. The van der Waals surface area contributed by atoms with Crippen molar-refractivity contribution >= 4 is 12.1 Å². The van der Waals surface area contributed by atoms with Crippen LogP contribution >= 0.6 is 0 Å². The zero-order valence-corrected chi connectivity index (χ0v) is 11.8. The molecule has 0 aliphatic carbocycles. The molecule has 1 aromatic rings. The highest BCUT2D eigenvalue weighted by Crippen LogP contribution is 2.06. The number of aliphatic carboxylic acids is 1. The maximum atomic E-state index is 12.0. The van der Waals surface area contributed by atoms with Crippen LogP contribution in [0, 0.1) is 0 Å². The Kier molecular flexibility index (Phi) is 6.14. The van der Waals surface area contributed by atoms with E-state index >= 15 is 0 Å². The summed E-state index contributed by atoms with van der Waals surface area (Å²) in [5.41, 5.74) is 0.935. The number of carboxylic acids is 1. The van der Waals surface area contributed by atoms with E-state index in [1.807, 2.05) is 30.3 Å². The third kappa shape index (κ3) is 5.81. The first-order valence-corrected chi connectivity index (χ1v) is 6.38. The molecule has 0 fully saturated rings. The normalized spacial score (nSPS) is 11.1. The molecular weight excluding hydrogens is 260 g/mol. The standard InChI is InChI=1S/C14H20N2O4/c1-16(2,9-8-15-10-13(17)18)14(19)20-11-12-6-4-3-5-7-12/h3-7,15H,8-11H2,1-2H3/p+1. The summed E-state index contributed by atoms with van der Waals surface area (Å²) in [5, 5.41) is 11.2. The largest absolute Gasteiger partial charge is 0.515 e. The number of nitrogens with one attached hydrogen (secondary N) is 1. The molecule has 0 bridgehead atoms. The molecule has 1 amide bonds. The molecule has 2 N–H and O–H groups in total. The van der Waals surface area contributed by atoms with Gasteiger partial charge in [-0.25, -0.2) is 4.48 Å². The Bertz CT molecular complexity index is 446. The van der Waals surface area contributed by atoms with E-state index < -0.39 is 5.97 Å². The van der Waals surface area contributed by atoms with E-state index in [0.29, 0.717) is 13.1 Å². The number of benzene rings is 1. The molecule has 6 heteroatoms. The molecular formula is C14H21N2O4+. The Balaban J connectivity index is 2.34. The first kappa shape index (κ1) is 16.1. The fourth-order valence-corrected chi connectivity index (χ4v) is 1.54. The van der Waals surface area contributed by atoms with Gasteiger partial charge in [0.15, 0.2) is 0 Å². The fourth-order valence-electron chi connectivity index (χ4n) is 1.54. The lowest BCUT2D eigenvalue weighted by atomic mass is 10.2. The first-order valence-electron chi connectivity index (χ1n) is 6.38. The van der Waals surface area contributed by atoms with Crippen LogP contribution in [0.1, 0.15) is 5.56 Å². The lowest BCUT2D eigenvalue weighted by Gasteiger charge is -2.25. The van der Waals surface area contributed by atoms with Gasteiger partial charge in [0.1, 0.15) is 13.2 Å². The number of carbonyl (C=O) groups is 2. The van der Waals surface area contributed by atoms with Gasteiger partial charge in [-0.05, 0) is 5.56 Å². The second-order valence-corrected chi connectivity index (χ2v) is 5.02. The molecule has 6 nitrogen and oxygen atoms in total. The predicted octanol–water partition coefficient (Wildman–Crippen LogP) is 1.07. The van der Waals surface area contributed by atoms with E-state index in [4.69, 9.17) is 9.84 Å². The van der Waals surface area contributed by atoms with Gasteiger partial charge in [-0.1, -0.05) is 30.3 Å². The maximum Gasteiger partial charge on any atom is 0.515 e. The Morgan fingerprint density at radius 3 is 2.50 bits per heavy atom. The van der Waals surface area contributed by atoms with Gasteiger partial charge in [-0.15, -0.1) is 0 Å². The highest BCUT2D eigenvalue weighted by atomic mass is 16.6. The number of amides is 1. The van der Waals surface area contributed by atoms with E-state index in [2.05, 4.69) is 5.32 Å². The van der Waals surface area contributed by atoms with Gasteiger partial charge in [-0.2, -0.15) is 4.79 Å². The van der Waals surface area contributed by atoms with Gasteiger partial charge < -0.3 is 15.2 Å². The molecule has 1 rings (SSSR count). The second kappa shape index (κ2) is 7.62. The molecule has 0 saturated carbocycles. The number of ether oxygens (including phenoxy) is 1. The number of hydrogen-bond acceptors (Lipinski definition) is 4. The van der Waals surface area contributed by atoms with Crippen molar-refractivity contribution in [2.45, 2.75) is 6.61 Å². The molecule has 0 radical (unpaired) electrons. The smallest absolute Gasteiger partial charge is 0.480 e. The molecule has 110 valence electrons. The van der Waals surface area contributed by atoms with Gasteiger partial charge in [0.25, 0.3) is 0 Å². The number of carbonyl (C=O) groups excluding carboxylic acids is 1. The quantitative estimate of drug-likeness (QED) is 0.577. The van der Waals surface area contributed by atoms with Crippen molar-refractivity contribution in [3.8, 4) is 0 Å². The van der Waals surface area contributed by atoms with Crippen LogP contribution in [-0.2, 0) is 16.1 Å². The van der Waals surface area contributed by atoms with Crippen LogP contribution in [0.3, 0.4) is 0 Å². The van der Waals surface area contributed by atoms with Crippen molar-refractivity contribution in [1.29, 1.82) is 0 Å².